The predicted molar refractivity (Wildman–Crippen MR) is 175 cm³/mol. The van der Waals surface area contributed by atoms with Crippen molar-refractivity contribution in [2.75, 3.05) is 0 Å². The molecule has 0 atom stereocenters. The molecule has 0 amide bonds. The molecule has 4 N–H and O–H groups in total. The number of pyridine rings is 5. The Morgan fingerprint density at radius 1 is 0.420 bits per heavy atom. The Labute approximate surface area is 285 Å². The van der Waals surface area contributed by atoms with E-state index in [1.165, 1.54) is 24.8 Å². The van der Waals surface area contributed by atoms with Crippen molar-refractivity contribution in [3.63, 3.8) is 0 Å². The first kappa shape index (κ1) is 34.9. The van der Waals surface area contributed by atoms with Crippen LogP contribution < -0.4 is 0 Å². The van der Waals surface area contributed by atoms with E-state index in [-0.39, 0.29) is 62.0 Å². The summed E-state index contributed by atoms with van der Waals surface area (Å²) in [5, 5.41) is 39.0. The minimum absolute atomic E-state index is 0.0966. The molecule has 0 fully saturated rings. The van der Waals surface area contributed by atoms with Crippen molar-refractivity contribution >= 4 is 23.9 Å². The van der Waals surface area contributed by atoms with Crippen molar-refractivity contribution in [1.82, 2.24) is 34.7 Å². The van der Waals surface area contributed by atoms with Gasteiger partial charge in [-0.3, -0.25) is 14.8 Å². The zero-order valence-corrected chi connectivity index (χ0v) is 26.5. The quantitative estimate of drug-likeness (QED) is 0.116. The Morgan fingerprint density at radius 3 is 0.960 bits per heavy atom. The third-order valence-corrected chi connectivity index (χ3v) is 7.59. The zero-order valence-electron chi connectivity index (χ0n) is 26.5. The molecule has 5 aromatic heterocycles. The molecule has 5 heterocycles. The summed E-state index contributed by atoms with van der Waals surface area (Å²) in [4.78, 5) is 72.2. The number of hydrogen-bond donors (Lipinski definition) is 4. The Morgan fingerprint density at radius 2 is 0.700 bits per heavy atom. The number of hydrogen-bond acceptors (Lipinski definition) is 11. The normalized spacial score (nSPS) is 11.1. The van der Waals surface area contributed by atoms with Crippen LogP contribution in [0.2, 0.25) is 0 Å². The van der Waals surface area contributed by atoms with Gasteiger partial charge in [-0.2, -0.15) is 0 Å². The minimum atomic E-state index is -1.20. The minimum Gasteiger partial charge on any atom is -0.477 e. The summed E-state index contributed by atoms with van der Waals surface area (Å²) >= 11 is 0. The highest BCUT2D eigenvalue weighted by Gasteiger charge is 2.21. The van der Waals surface area contributed by atoms with E-state index in [0.717, 1.165) is 0 Å². The van der Waals surface area contributed by atoms with Crippen molar-refractivity contribution in [1.29, 1.82) is 0 Å². The van der Waals surface area contributed by atoms with Crippen LogP contribution in [0.25, 0.3) is 0 Å². The lowest BCUT2D eigenvalue weighted by molar-refractivity contribution is 0.0674. The summed E-state index contributed by atoms with van der Waals surface area (Å²) in [7, 11) is 0. The lowest BCUT2D eigenvalue weighted by atomic mass is 10.1. The van der Waals surface area contributed by atoms with Crippen LogP contribution in [0.1, 0.15) is 75.6 Å². The summed E-state index contributed by atoms with van der Waals surface area (Å²) < 4.78 is 0. The highest BCUT2D eigenvalue weighted by atomic mass is 16.4. The van der Waals surface area contributed by atoms with Crippen LogP contribution in [0, 0.1) is 0 Å². The zero-order chi connectivity index (χ0) is 35.6. The molecule has 0 aliphatic heterocycles. The van der Waals surface area contributed by atoms with Gasteiger partial charge in [0.15, 0.2) is 22.8 Å². The van der Waals surface area contributed by atoms with Crippen LogP contribution in [-0.4, -0.2) is 79.0 Å². The van der Waals surface area contributed by atoms with Crippen LogP contribution in [0.4, 0.5) is 0 Å². The Bertz CT molecular complexity index is 1780. The number of rotatable bonds is 16. The molecule has 0 aliphatic rings. The summed E-state index contributed by atoms with van der Waals surface area (Å²) in [5.74, 6) is -4.80. The van der Waals surface area contributed by atoms with Gasteiger partial charge in [-0.1, -0.05) is 30.3 Å². The van der Waals surface area contributed by atoms with Crippen LogP contribution in [0.5, 0.6) is 0 Å². The molecule has 0 aliphatic carbocycles. The first-order chi connectivity index (χ1) is 24.1. The van der Waals surface area contributed by atoms with Gasteiger partial charge in [-0.25, -0.2) is 39.1 Å². The fraction of sp³-hybridized carbons (Fsp3) is 0.171. The summed E-state index contributed by atoms with van der Waals surface area (Å²) in [5.41, 5.74) is 2.28. The van der Waals surface area contributed by atoms with Crippen molar-refractivity contribution < 1.29 is 39.6 Å². The molecule has 0 unspecified atom stereocenters. The second-order valence-electron chi connectivity index (χ2n) is 11.2. The lowest BCUT2D eigenvalue weighted by Gasteiger charge is -2.25. The SMILES string of the molecule is O=C(O)c1ncccc1CN(Cc1cccc(CN(Cc2cccnc2C(=O)O)Cc2cccnc2C(=O)O)n1)Cc1cccnc1C(=O)O. The van der Waals surface area contributed by atoms with E-state index < -0.39 is 23.9 Å². The van der Waals surface area contributed by atoms with E-state index in [9.17, 15) is 39.6 Å². The summed E-state index contributed by atoms with van der Waals surface area (Å²) in [6.45, 7) is 0.734. The van der Waals surface area contributed by atoms with Crippen molar-refractivity contribution in [3.05, 3.63) is 148 Å². The number of carboxylic acids is 4. The fourth-order valence-electron chi connectivity index (χ4n) is 5.50. The Kier molecular flexibility index (Phi) is 11.2. The Hall–Kier alpha value is -6.45. The molecule has 254 valence electrons. The van der Waals surface area contributed by atoms with E-state index >= 15 is 0 Å². The monoisotopic (exact) mass is 677 g/mol. The highest BCUT2D eigenvalue weighted by molar-refractivity contribution is 5.88. The van der Waals surface area contributed by atoms with E-state index in [1.807, 2.05) is 9.80 Å². The molecule has 0 radical (unpaired) electrons. The van der Waals surface area contributed by atoms with Gasteiger partial charge in [0.25, 0.3) is 0 Å². The third-order valence-electron chi connectivity index (χ3n) is 7.59. The highest BCUT2D eigenvalue weighted by Crippen LogP contribution is 2.20. The van der Waals surface area contributed by atoms with Crippen molar-refractivity contribution in [3.8, 4) is 0 Å². The van der Waals surface area contributed by atoms with E-state index in [1.54, 1.807) is 66.7 Å². The molecule has 50 heavy (non-hydrogen) atoms. The van der Waals surface area contributed by atoms with Crippen LogP contribution in [0.15, 0.2) is 91.5 Å². The molecule has 0 bridgehead atoms. The molecular weight excluding hydrogens is 646 g/mol. The second kappa shape index (κ2) is 16.1. The van der Waals surface area contributed by atoms with Crippen LogP contribution in [0.3, 0.4) is 0 Å². The molecule has 0 saturated heterocycles. The summed E-state index contributed by atoms with van der Waals surface area (Å²) in [6, 6.07) is 18.4. The average Bonchev–Trinajstić information content (AvgIpc) is 3.09. The van der Waals surface area contributed by atoms with Crippen molar-refractivity contribution in [2.45, 2.75) is 39.3 Å². The fourth-order valence-corrected chi connectivity index (χ4v) is 5.50. The molecule has 15 heteroatoms. The molecule has 0 saturated carbocycles. The molecule has 0 spiro atoms. The van der Waals surface area contributed by atoms with Crippen molar-refractivity contribution in [2.24, 2.45) is 0 Å². The molecular formula is C35H31N7O8. The van der Waals surface area contributed by atoms with E-state index in [2.05, 4.69) is 19.9 Å². The number of aromatic nitrogens is 5. The van der Waals surface area contributed by atoms with E-state index in [0.29, 0.717) is 33.6 Å². The molecule has 5 aromatic rings. The summed E-state index contributed by atoms with van der Waals surface area (Å²) in [6.07, 6.45) is 5.53. The topological polar surface area (TPSA) is 220 Å². The standard InChI is InChI=1S/C35H31N7O8/c43-32(44)28-22(6-2-12-36-28)16-41(17-23-7-3-13-37-29(23)33(45)46)20-26-10-1-11-27(40-26)21-42(18-24-8-4-14-38-30(24)34(47)48)19-25-9-5-15-39-31(25)35(49)50/h1-15H,16-21H2,(H,43,44)(H,45,46)(H,47,48)(H,49,50). The number of carbonyl (C=O) groups is 4. The van der Waals surface area contributed by atoms with Gasteiger partial charge in [0.2, 0.25) is 0 Å². The largest absolute Gasteiger partial charge is 0.477 e. The predicted octanol–water partition coefficient (Wildman–Crippen LogP) is 3.86. The van der Waals surface area contributed by atoms with Gasteiger partial charge in [0.05, 0.1) is 11.4 Å². The smallest absolute Gasteiger partial charge is 0.354 e. The van der Waals surface area contributed by atoms with Crippen LogP contribution >= 0.6 is 0 Å². The second-order valence-corrected chi connectivity index (χ2v) is 11.2. The number of carboxylic acid groups (broad SMARTS) is 4. The van der Waals surface area contributed by atoms with Gasteiger partial charge < -0.3 is 20.4 Å². The van der Waals surface area contributed by atoms with Crippen LogP contribution in [-0.2, 0) is 39.3 Å². The van der Waals surface area contributed by atoms with Gasteiger partial charge >= 0.3 is 23.9 Å². The van der Waals surface area contributed by atoms with Gasteiger partial charge in [-0.15, -0.1) is 0 Å². The molecule has 0 aromatic carbocycles. The molecule has 5 rings (SSSR count). The van der Waals surface area contributed by atoms with Gasteiger partial charge in [0, 0.05) is 64.1 Å². The van der Waals surface area contributed by atoms with Gasteiger partial charge in [0.1, 0.15) is 0 Å². The first-order valence-corrected chi connectivity index (χ1v) is 15.2. The van der Waals surface area contributed by atoms with Gasteiger partial charge in [-0.05, 0) is 58.7 Å². The van der Waals surface area contributed by atoms with E-state index in [4.69, 9.17) is 4.98 Å². The lowest BCUT2D eigenvalue weighted by Crippen LogP contribution is -2.27. The third kappa shape index (κ3) is 8.91. The molecule has 15 nitrogen and oxygen atoms in total. The number of aromatic carboxylic acids is 4. The first-order valence-electron chi connectivity index (χ1n) is 15.2. The Balaban J connectivity index is 1.46. The maximum absolute atomic E-state index is 11.9. The number of nitrogens with zero attached hydrogens (tertiary/aromatic N) is 7. The maximum atomic E-state index is 11.9. The average molecular weight is 678 g/mol. The maximum Gasteiger partial charge on any atom is 0.354 e.